The molecular formula is C12H14Cl2INO3. The highest BCUT2D eigenvalue weighted by Crippen LogP contribution is 2.26. The summed E-state index contributed by atoms with van der Waals surface area (Å²) in [6, 6.07) is 3.15. The van der Waals surface area contributed by atoms with Gasteiger partial charge in [-0.25, -0.2) is 0 Å². The van der Waals surface area contributed by atoms with Gasteiger partial charge >= 0.3 is 0 Å². The number of methoxy groups -OCH3 is 1. The van der Waals surface area contributed by atoms with E-state index in [1.807, 2.05) is 22.6 Å². The number of halogens is 3. The maximum atomic E-state index is 12.0. The van der Waals surface area contributed by atoms with Crippen LogP contribution in [0.4, 0.5) is 0 Å². The fraction of sp³-hybridized carbons (Fsp3) is 0.417. The number of aliphatic hydroxyl groups is 1. The number of aliphatic hydroxyl groups excluding tert-OH is 1. The Labute approximate surface area is 135 Å². The van der Waals surface area contributed by atoms with E-state index in [0.29, 0.717) is 32.1 Å². The van der Waals surface area contributed by atoms with Crippen LogP contribution < -0.4 is 5.32 Å². The first-order chi connectivity index (χ1) is 8.95. The van der Waals surface area contributed by atoms with Crippen LogP contribution in [0, 0.1) is 3.57 Å². The quantitative estimate of drug-likeness (QED) is 0.552. The Morgan fingerprint density at radius 1 is 1.53 bits per heavy atom. The molecule has 1 unspecified atom stereocenters. The van der Waals surface area contributed by atoms with Gasteiger partial charge in [0.1, 0.15) is 0 Å². The van der Waals surface area contributed by atoms with Gasteiger partial charge in [0.2, 0.25) is 0 Å². The smallest absolute Gasteiger partial charge is 0.252 e. The molecule has 1 aromatic rings. The molecule has 0 saturated carbocycles. The van der Waals surface area contributed by atoms with Gasteiger partial charge in [-0.3, -0.25) is 4.79 Å². The first kappa shape index (κ1) is 17.0. The summed E-state index contributed by atoms with van der Waals surface area (Å²) in [6.07, 6.45) is -0.169. The van der Waals surface area contributed by atoms with Crippen LogP contribution in [-0.2, 0) is 4.74 Å². The van der Waals surface area contributed by atoms with Gasteiger partial charge in [0.05, 0.1) is 23.3 Å². The van der Waals surface area contributed by atoms with Crippen molar-refractivity contribution in [3.63, 3.8) is 0 Å². The van der Waals surface area contributed by atoms with Crippen LogP contribution in [0.3, 0.4) is 0 Å². The standard InChI is InChI=1S/C12H14Cl2INO3/c1-19-6-8(17)2-3-16-12(18)9-4-7(13)5-10(14)11(9)15/h4-5,8,17H,2-3,6H2,1H3,(H,16,18). The molecule has 0 saturated heterocycles. The zero-order valence-corrected chi connectivity index (χ0v) is 13.9. The van der Waals surface area contributed by atoms with Crippen LogP contribution in [0.25, 0.3) is 0 Å². The molecule has 0 aromatic heterocycles. The zero-order chi connectivity index (χ0) is 14.4. The fourth-order valence-corrected chi connectivity index (χ4v) is 2.49. The summed E-state index contributed by atoms with van der Waals surface area (Å²) in [4.78, 5) is 12.0. The van der Waals surface area contributed by atoms with Gasteiger partial charge in [0.25, 0.3) is 5.91 Å². The largest absolute Gasteiger partial charge is 0.391 e. The molecule has 0 bridgehead atoms. The molecule has 0 aliphatic rings. The Morgan fingerprint density at radius 2 is 2.21 bits per heavy atom. The number of amides is 1. The Kier molecular flexibility index (Phi) is 7.38. The van der Waals surface area contributed by atoms with Gasteiger partial charge < -0.3 is 15.2 Å². The van der Waals surface area contributed by atoms with Crippen LogP contribution >= 0.6 is 45.8 Å². The van der Waals surface area contributed by atoms with Crippen LogP contribution in [0.2, 0.25) is 10.0 Å². The summed E-state index contributed by atoms with van der Waals surface area (Å²) >= 11 is 13.8. The minimum atomic E-state index is -0.590. The number of hydrogen-bond donors (Lipinski definition) is 2. The van der Waals surface area contributed by atoms with E-state index >= 15 is 0 Å². The lowest BCUT2D eigenvalue weighted by Crippen LogP contribution is -2.29. The normalized spacial score (nSPS) is 12.3. The SMILES string of the molecule is COCC(O)CCNC(=O)c1cc(Cl)cc(Cl)c1I. The van der Waals surface area contributed by atoms with Crippen molar-refractivity contribution in [3.8, 4) is 0 Å². The maximum Gasteiger partial charge on any atom is 0.252 e. The molecule has 1 atom stereocenters. The lowest BCUT2D eigenvalue weighted by Gasteiger charge is -2.11. The van der Waals surface area contributed by atoms with Gasteiger partial charge in [0, 0.05) is 22.2 Å². The average molecular weight is 418 g/mol. The van der Waals surface area contributed by atoms with E-state index in [-0.39, 0.29) is 12.5 Å². The van der Waals surface area contributed by atoms with E-state index in [2.05, 4.69) is 5.32 Å². The molecule has 0 spiro atoms. The van der Waals surface area contributed by atoms with E-state index < -0.39 is 6.10 Å². The van der Waals surface area contributed by atoms with Crippen molar-refractivity contribution in [1.29, 1.82) is 0 Å². The van der Waals surface area contributed by atoms with Crippen molar-refractivity contribution < 1.29 is 14.6 Å². The van der Waals surface area contributed by atoms with Crippen molar-refractivity contribution in [2.75, 3.05) is 20.3 Å². The molecule has 1 rings (SSSR count). The molecule has 0 radical (unpaired) electrons. The van der Waals surface area contributed by atoms with E-state index in [1.54, 1.807) is 12.1 Å². The Bertz CT molecular complexity index is 457. The summed E-state index contributed by atoms with van der Waals surface area (Å²) in [6.45, 7) is 0.597. The minimum Gasteiger partial charge on any atom is -0.391 e. The van der Waals surface area contributed by atoms with Gasteiger partial charge in [-0.2, -0.15) is 0 Å². The first-order valence-electron chi connectivity index (χ1n) is 5.55. The molecule has 7 heteroatoms. The van der Waals surface area contributed by atoms with Crippen LogP contribution in [0.1, 0.15) is 16.8 Å². The second-order valence-corrected chi connectivity index (χ2v) is 5.83. The van der Waals surface area contributed by atoms with Gasteiger partial charge in [-0.1, -0.05) is 23.2 Å². The maximum absolute atomic E-state index is 12.0. The number of carbonyl (C=O) groups is 1. The number of benzene rings is 1. The molecular weight excluding hydrogens is 404 g/mol. The summed E-state index contributed by atoms with van der Waals surface area (Å²) < 4.78 is 5.45. The van der Waals surface area contributed by atoms with E-state index in [4.69, 9.17) is 27.9 Å². The first-order valence-corrected chi connectivity index (χ1v) is 7.39. The molecule has 0 aliphatic heterocycles. The highest BCUT2D eigenvalue weighted by atomic mass is 127. The monoisotopic (exact) mass is 417 g/mol. The van der Waals surface area contributed by atoms with E-state index in [0.717, 1.165) is 0 Å². The Balaban J connectivity index is 2.59. The van der Waals surface area contributed by atoms with Gasteiger partial charge in [-0.15, -0.1) is 0 Å². The molecule has 106 valence electrons. The van der Waals surface area contributed by atoms with Gasteiger partial charge in [0.15, 0.2) is 0 Å². The highest BCUT2D eigenvalue weighted by molar-refractivity contribution is 14.1. The summed E-state index contributed by atoms with van der Waals surface area (Å²) in [5.74, 6) is -0.265. The van der Waals surface area contributed by atoms with Crippen LogP contribution in [0.15, 0.2) is 12.1 Å². The van der Waals surface area contributed by atoms with Crippen LogP contribution in [0.5, 0.6) is 0 Å². The lowest BCUT2D eigenvalue weighted by atomic mass is 10.2. The number of carbonyl (C=O) groups excluding carboxylic acids is 1. The number of ether oxygens (including phenoxy) is 1. The van der Waals surface area contributed by atoms with Crippen molar-refractivity contribution in [2.24, 2.45) is 0 Å². The second kappa shape index (κ2) is 8.26. The van der Waals surface area contributed by atoms with Crippen molar-refractivity contribution in [3.05, 3.63) is 31.3 Å². The summed E-state index contributed by atoms with van der Waals surface area (Å²) in [5.41, 5.74) is 0.430. The molecule has 0 heterocycles. The van der Waals surface area contributed by atoms with Crippen molar-refractivity contribution in [2.45, 2.75) is 12.5 Å². The lowest BCUT2D eigenvalue weighted by molar-refractivity contribution is 0.0587. The highest BCUT2D eigenvalue weighted by Gasteiger charge is 2.14. The molecule has 1 amide bonds. The predicted octanol–water partition coefficient (Wildman–Crippen LogP) is 2.73. The van der Waals surface area contributed by atoms with Gasteiger partial charge in [-0.05, 0) is 41.1 Å². The van der Waals surface area contributed by atoms with E-state index in [9.17, 15) is 9.90 Å². The fourth-order valence-electron chi connectivity index (χ4n) is 1.44. The minimum absolute atomic E-state index is 0.246. The third kappa shape index (κ3) is 5.43. The molecule has 0 fully saturated rings. The molecule has 19 heavy (non-hydrogen) atoms. The molecule has 1 aromatic carbocycles. The number of hydrogen-bond acceptors (Lipinski definition) is 3. The molecule has 0 aliphatic carbocycles. The number of nitrogens with one attached hydrogen (secondary N) is 1. The average Bonchev–Trinajstić information content (AvgIpc) is 2.33. The predicted molar refractivity (Wildman–Crippen MR) is 84.0 cm³/mol. The number of rotatable bonds is 6. The van der Waals surface area contributed by atoms with Crippen molar-refractivity contribution >= 4 is 51.7 Å². The second-order valence-electron chi connectivity index (χ2n) is 3.90. The zero-order valence-electron chi connectivity index (χ0n) is 10.3. The topological polar surface area (TPSA) is 58.6 Å². The van der Waals surface area contributed by atoms with Crippen molar-refractivity contribution in [1.82, 2.24) is 5.32 Å². The summed E-state index contributed by atoms with van der Waals surface area (Å²) in [5, 5.41) is 13.0. The third-order valence-electron chi connectivity index (χ3n) is 2.36. The van der Waals surface area contributed by atoms with E-state index in [1.165, 1.54) is 7.11 Å². The Morgan fingerprint density at radius 3 is 2.84 bits per heavy atom. The summed E-state index contributed by atoms with van der Waals surface area (Å²) in [7, 11) is 1.51. The van der Waals surface area contributed by atoms with Crippen LogP contribution in [-0.4, -0.2) is 37.4 Å². The Hall–Kier alpha value is -0.0800. The molecule has 4 nitrogen and oxygen atoms in total. The molecule has 2 N–H and O–H groups in total. The third-order valence-corrected chi connectivity index (χ3v) is 4.36.